The van der Waals surface area contributed by atoms with E-state index in [1.165, 1.54) is 0 Å². The molecule has 0 amide bonds. The van der Waals surface area contributed by atoms with Crippen molar-refractivity contribution < 1.29 is 18.3 Å². The predicted octanol–water partition coefficient (Wildman–Crippen LogP) is 1.69. The van der Waals surface area contributed by atoms with Crippen LogP contribution in [0.3, 0.4) is 0 Å². The van der Waals surface area contributed by atoms with Gasteiger partial charge in [0.15, 0.2) is 6.10 Å². The summed E-state index contributed by atoms with van der Waals surface area (Å²) in [4.78, 5) is 0. The Morgan fingerprint density at radius 2 is 2.00 bits per heavy atom. The molecule has 0 aromatic rings. The molecule has 0 aliphatic heterocycles. The van der Waals surface area contributed by atoms with E-state index >= 15 is 0 Å². The van der Waals surface area contributed by atoms with Gasteiger partial charge in [-0.1, -0.05) is 13.3 Å². The molecule has 5 heteroatoms. The standard InChI is InChI=1S/C9H16F3NO/c1-8(3-2-4-8)6-13-5-7(14)9(10,11)12/h7,13-14H,2-6H2,1H3. The zero-order chi connectivity index (χ0) is 10.8. The van der Waals surface area contributed by atoms with Crippen molar-refractivity contribution in [1.82, 2.24) is 5.32 Å². The lowest BCUT2D eigenvalue weighted by molar-refractivity contribution is -0.202. The SMILES string of the molecule is CC1(CNCC(O)C(F)(F)F)CCC1. The highest BCUT2D eigenvalue weighted by atomic mass is 19.4. The maximum atomic E-state index is 11.9. The Balaban J connectivity index is 2.15. The van der Waals surface area contributed by atoms with Crippen LogP contribution in [-0.4, -0.2) is 30.5 Å². The minimum absolute atomic E-state index is 0.144. The average molecular weight is 211 g/mol. The van der Waals surface area contributed by atoms with Gasteiger partial charge in [-0.3, -0.25) is 0 Å². The summed E-state index contributed by atoms with van der Waals surface area (Å²) in [6, 6.07) is 0. The van der Waals surface area contributed by atoms with Crippen LogP contribution in [0.15, 0.2) is 0 Å². The molecular weight excluding hydrogens is 195 g/mol. The van der Waals surface area contributed by atoms with Gasteiger partial charge >= 0.3 is 6.18 Å². The van der Waals surface area contributed by atoms with Gasteiger partial charge in [0.25, 0.3) is 0 Å². The molecule has 1 rings (SSSR count). The molecule has 1 aliphatic carbocycles. The van der Waals surface area contributed by atoms with Crippen molar-refractivity contribution in [1.29, 1.82) is 0 Å². The molecule has 2 nitrogen and oxygen atoms in total. The van der Waals surface area contributed by atoms with Crippen molar-refractivity contribution in [3.8, 4) is 0 Å². The first-order chi connectivity index (χ1) is 6.33. The molecule has 0 bridgehead atoms. The molecule has 1 saturated carbocycles. The van der Waals surface area contributed by atoms with Crippen LogP contribution in [0, 0.1) is 5.41 Å². The van der Waals surface area contributed by atoms with Gasteiger partial charge in [-0.25, -0.2) is 0 Å². The van der Waals surface area contributed by atoms with Gasteiger partial charge in [-0.15, -0.1) is 0 Å². The minimum Gasteiger partial charge on any atom is -0.382 e. The fourth-order valence-electron chi connectivity index (χ4n) is 1.58. The summed E-state index contributed by atoms with van der Waals surface area (Å²) in [5, 5.41) is 11.3. The highest BCUT2D eigenvalue weighted by Gasteiger charge is 2.38. The molecule has 1 unspecified atom stereocenters. The quantitative estimate of drug-likeness (QED) is 0.741. The molecule has 1 aliphatic rings. The van der Waals surface area contributed by atoms with Crippen molar-refractivity contribution in [2.24, 2.45) is 5.41 Å². The van der Waals surface area contributed by atoms with Gasteiger partial charge in [0.2, 0.25) is 0 Å². The first-order valence-electron chi connectivity index (χ1n) is 4.79. The molecular formula is C9H16F3NO. The monoisotopic (exact) mass is 211 g/mol. The Labute approximate surface area is 81.5 Å². The van der Waals surface area contributed by atoms with Crippen LogP contribution in [0.25, 0.3) is 0 Å². The lowest BCUT2D eigenvalue weighted by Crippen LogP contribution is -2.44. The smallest absolute Gasteiger partial charge is 0.382 e. The summed E-state index contributed by atoms with van der Waals surface area (Å²) in [7, 11) is 0. The van der Waals surface area contributed by atoms with E-state index in [9.17, 15) is 13.2 Å². The topological polar surface area (TPSA) is 32.3 Å². The fourth-order valence-corrected chi connectivity index (χ4v) is 1.58. The van der Waals surface area contributed by atoms with Crippen molar-refractivity contribution in [3.63, 3.8) is 0 Å². The number of halogens is 3. The van der Waals surface area contributed by atoms with Crippen LogP contribution in [0.1, 0.15) is 26.2 Å². The molecule has 2 N–H and O–H groups in total. The van der Waals surface area contributed by atoms with Gasteiger partial charge in [-0.2, -0.15) is 13.2 Å². The van der Waals surface area contributed by atoms with Crippen LogP contribution >= 0.6 is 0 Å². The number of alkyl halides is 3. The third kappa shape index (κ3) is 3.13. The second-order valence-electron chi connectivity index (χ2n) is 4.35. The second kappa shape index (κ2) is 4.06. The summed E-state index contributed by atoms with van der Waals surface area (Å²) in [6.45, 7) is 2.20. The molecule has 0 radical (unpaired) electrons. The molecule has 1 fully saturated rings. The van der Waals surface area contributed by atoms with E-state index in [1.807, 2.05) is 6.92 Å². The van der Waals surface area contributed by atoms with E-state index in [0.29, 0.717) is 6.54 Å². The molecule has 14 heavy (non-hydrogen) atoms. The molecule has 1 atom stereocenters. The number of aliphatic hydroxyl groups excluding tert-OH is 1. The zero-order valence-electron chi connectivity index (χ0n) is 8.19. The second-order valence-corrected chi connectivity index (χ2v) is 4.35. The summed E-state index contributed by atoms with van der Waals surface area (Å²) >= 11 is 0. The summed E-state index contributed by atoms with van der Waals surface area (Å²) in [5.41, 5.74) is 0.144. The van der Waals surface area contributed by atoms with Crippen molar-refractivity contribution in [2.45, 2.75) is 38.5 Å². The van der Waals surface area contributed by atoms with Crippen LogP contribution in [0.4, 0.5) is 13.2 Å². The number of aliphatic hydroxyl groups is 1. The molecule has 0 aromatic heterocycles. The zero-order valence-corrected chi connectivity index (χ0v) is 8.19. The molecule has 0 heterocycles. The minimum atomic E-state index is -4.51. The molecule has 0 spiro atoms. The summed E-state index contributed by atoms with van der Waals surface area (Å²) < 4.78 is 35.6. The molecule has 0 aromatic carbocycles. The first-order valence-corrected chi connectivity index (χ1v) is 4.79. The summed E-state index contributed by atoms with van der Waals surface area (Å²) in [6.07, 6.45) is -3.48. The maximum Gasteiger partial charge on any atom is 0.415 e. The van der Waals surface area contributed by atoms with Crippen molar-refractivity contribution in [2.75, 3.05) is 13.1 Å². The van der Waals surface area contributed by atoms with Gasteiger partial charge < -0.3 is 10.4 Å². The third-order valence-corrected chi connectivity index (χ3v) is 2.83. The van der Waals surface area contributed by atoms with E-state index < -0.39 is 18.8 Å². The Morgan fingerprint density at radius 1 is 1.43 bits per heavy atom. The van der Waals surface area contributed by atoms with Crippen LogP contribution in [0.2, 0.25) is 0 Å². The lowest BCUT2D eigenvalue weighted by atomic mass is 9.70. The summed E-state index contributed by atoms with van der Waals surface area (Å²) in [5.74, 6) is 0. The third-order valence-electron chi connectivity index (χ3n) is 2.83. The number of rotatable bonds is 4. The Kier molecular flexibility index (Phi) is 3.42. The highest BCUT2D eigenvalue weighted by molar-refractivity contribution is 4.85. The van der Waals surface area contributed by atoms with Crippen LogP contribution < -0.4 is 5.32 Å². The first kappa shape index (κ1) is 11.8. The average Bonchev–Trinajstić information content (AvgIpc) is 1.99. The Hall–Kier alpha value is -0.290. The van der Waals surface area contributed by atoms with E-state index in [-0.39, 0.29) is 5.41 Å². The number of hydrogen-bond acceptors (Lipinski definition) is 2. The van der Waals surface area contributed by atoms with E-state index in [1.54, 1.807) is 0 Å². The largest absolute Gasteiger partial charge is 0.415 e. The van der Waals surface area contributed by atoms with Crippen molar-refractivity contribution >= 4 is 0 Å². The van der Waals surface area contributed by atoms with Crippen molar-refractivity contribution in [3.05, 3.63) is 0 Å². The molecule has 0 saturated heterocycles. The fraction of sp³-hybridized carbons (Fsp3) is 1.00. The number of nitrogens with one attached hydrogen (secondary N) is 1. The Bertz CT molecular complexity index is 189. The van der Waals surface area contributed by atoms with E-state index in [0.717, 1.165) is 19.3 Å². The van der Waals surface area contributed by atoms with Crippen LogP contribution in [-0.2, 0) is 0 Å². The van der Waals surface area contributed by atoms with E-state index in [4.69, 9.17) is 5.11 Å². The normalized spacial score (nSPS) is 22.9. The van der Waals surface area contributed by atoms with Gasteiger partial charge in [0.1, 0.15) is 0 Å². The Morgan fingerprint density at radius 3 is 2.36 bits per heavy atom. The van der Waals surface area contributed by atoms with Gasteiger partial charge in [0.05, 0.1) is 0 Å². The van der Waals surface area contributed by atoms with Crippen LogP contribution in [0.5, 0.6) is 0 Å². The number of hydrogen-bond donors (Lipinski definition) is 2. The van der Waals surface area contributed by atoms with Gasteiger partial charge in [-0.05, 0) is 18.3 Å². The molecule has 84 valence electrons. The van der Waals surface area contributed by atoms with Gasteiger partial charge in [0, 0.05) is 13.1 Å². The maximum absolute atomic E-state index is 11.9. The predicted molar refractivity (Wildman–Crippen MR) is 46.9 cm³/mol. The van der Waals surface area contributed by atoms with E-state index in [2.05, 4.69) is 5.32 Å². The lowest BCUT2D eigenvalue weighted by Gasteiger charge is -2.38. The highest BCUT2D eigenvalue weighted by Crippen LogP contribution is 2.39.